The third-order valence-corrected chi connectivity index (χ3v) is 4.65. The van der Waals surface area contributed by atoms with E-state index >= 15 is 0 Å². The number of carbonyl (C=O) groups is 2. The maximum atomic E-state index is 12.7. The average molecular weight is 312 g/mol. The van der Waals surface area contributed by atoms with Crippen molar-refractivity contribution in [2.45, 2.75) is 25.8 Å². The van der Waals surface area contributed by atoms with Gasteiger partial charge in [-0.25, -0.2) is 9.69 Å². The van der Waals surface area contributed by atoms with Gasteiger partial charge in [-0.15, -0.1) is 0 Å². The van der Waals surface area contributed by atoms with Gasteiger partial charge in [-0.1, -0.05) is 0 Å². The zero-order valence-electron chi connectivity index (χ0n) is 13.2. The van der Waals surface area contributed by atoms with Crippen molar-refractivity contribution in [2.75, 3.05) is 24.5 Å². The number of nitrogens with zero attached hydrogens (tertiary/aromatic N) is 3. The van der Waals surface area contributed by atoms with Gasteiger partial charge in [-0.05, 0) is 63.0 Å². The van der Waals surface area contributed by atoms with Gasteiger partial charge in [-0.3, -0.25) is 4.79 Å². The summed E-state index contributed by atoms with van der Waals surface area (Å²) in [5, 5.41) is 12.2. The van der Waals surface area contributed by atoms with E-state index in [1.54, 1.807) is 36.1 Å². The van der Waals surface area contributed by atoms with E-state index in [9.17, 15) is 9.59 Å². The van der Waals surface area contributed by atoms with E-state index in [-0.39, 0.29) is 11.9 Å². The number of amides is 3. The standard InChI is InChI=1S/C17H20N4O2/c1-12-16(22)21(15-4-2-13(10-18)3-5-15)17(23)20(12)11-14-6-8-19-9-7-14/h2-5,12,14,19H,6-9,11H2,1H3. The lowest BCUT2D eigenvalue weighted by molar-refractivity contribution is -0.119. The molecule has 0 saturated carbocycles. The lowest BCUT2D eigenvalue weighted by Gasteiger charge is -2.28. The van der Waals surface area contributed by atoms with Gasteiger partial charge in [0.15, 0.2) is 0 Å². The molecule has 2 heterocycles. The molecule has 2 fully saturated rings. The van der Waals surface area contributed by atoms with Gasteiger partial charge in [0.1, 0.15) is 6.04 Å². The molecule has 0 aliphatic carbocycles. The zero-order valence-corrected chi connectivity index (χ0v) is 13.2. The second-order valence-corrected chi connectivity index (χ2v) is 6.14. The lowest BCUT2D eigenvalue weighted by Crippen LogP contribution is -2.40. The maximum absolute atomic E-state index is 12.7. The number of imide groups is 1. The third kappa shape index (κ3) is 2.92. The third-order valence-electron chi connectivity index (χ3n) is 4.65. The first-order chi connectivity index (χ1) is 11.1. The summed E-state index contributed by atoms with van der Waals surface area (Å²) < 4.78 is 0. The number of anilines is 1. The molecule has 3 amide bonds. The Bertz CT molecular complexity index is 644. The quantitative estimate of drug-likeness (QED) is 0.862. The van der Waals surface area contributed by atoms with Crippen LogP contribution in [-0.4, -0.2) is 42.5 Å². The molecule has 120 valence electrons. The van der Waals surface area contributed by atoms with Crippen molar-refractivity contribution < 1.29 is 9.59 Å². The largest absolute Gasteiger partial charge is 0.332 e. The van der Waals surface area contributed by atoms with E-state index < -0.39 is 6.04 Å². The van der Waals surface area contributed by atoms with E-state index in [1.165, 1.54) is 4.90 Å². The Balaban J connectivity index is 1.78. The number of piperidine rings is 1. The molecule has 0 radical (unpaired) electrons. The number of hydrogen-bond donors (Lipinski definition) is 1. The highest BCUT2D eigenvalue weighted by molar-refractivity contribution is 6.21. The molecule has 6 heteroatoms. The molecule has 2 aliphatic rings. The smallest absolute Gasteiger partial charge is 0.317 e. The van der Waals surface area contributed by atoms with Crippen LogP contribution in [0, 0.1) is 17.2 Å². The van der Waals surface area contributed by atoms with E-state index in [1.807, 2.05) is 6.07 Å². The fraction of sp³-hybridized carbons (Fsp3) is 0.471. The summed E-state index contributed by atoms with van der Waals surface area (Å²) in [6.45, 7) is 4.34. The number of rotatable bonds is 3. The summed E-state index contributed by atoms with van der Waals surface area (Å²) in [5.74, 6) is 0.241. The minimum absolute atomic E-state index is 0.200. The summed E-state index contributed by atoms with van der Waals surface area (Å²) in [5.41, 5.74) is 1.03. The molecular formula is C17H20N4O2. The lowest BCUT2D eigenvalue weighted by atomic mass is 9.97. The van der Waals surface area contributed by atoms with Crippen molar-refractivity contribution in [2.24, 2.45) is 5.92 Å². The SMILES string of the molecule is CC1C(=O)N(c2ccc(C#N)cc2)C(=O)N1CC1CCNCC1. The molecule has 0 bridgehead atoms. The van der Waals surface area contributed by atoms with E-state index in [0.717, 1.165) is 25.9 Å². The van der Waals surface area contributed by atoms with Crippen LogP contribution in [0.3, 0.4) is 0 Å². The summed E-state index contributed by atoms with van der Waals surface area (Å²) >= 11 is 0. The number of urea groups is 1. The van der Waals surface area contributed by atoms with Crippen LogP contribution in [0.1, 0.15) is 25.3 Å². The number of benzene rings is 1. The molecular weight excluding hydrogens is 292 g/mol. The van der Waals surface area contributed by atoms with Crippen LogP contribution in [-0.2, 0) is 4.79 Å². The molecule has 6 nitrogen and oxygen atoms in total. The number of nitrogens with one attached hydrogen (secondary N) is 1. The highest BCUT2D eigenvalue weighted by atomic mass is 16.2. The van der Waals surface area contributed by atoms with E-state index in [0.29, 0.717) is 23.7 Å². The molecule has 1 aromatic rings. The topological polar surface area (TPSA) is 76.4 Å². The Labute approximate surface area is 135 Å². The number of hydrogen-bond acceptors (Lipinski definition) is 4. The van der Waals surface area contributed by atoms with Crippen molar-refractivity contribution in [1.29, 1.82) is 5.26 Å². The monoisotopic (exact) mass is 312 g/mol. The molecule has 1 N–H and O–H groups in total. The highest BCUT2D eigenvalue weighted by Gasteiger charge is 2.43. The van der Waals surface area contributed by atoms with Crippen LogP contribution in [0.2, 0.25) is 0 Å². The van der Waals surface area contributed by atoms with Crippen LogP contribution in [0.4, 0.5) is 10.5 Å². The van der Waals surface area contributed by atoms with E-state index in [4.69, 9.17) is 5.26 Å². The van der Waals surface area contributed by atoms with Gasteiger partial charge < -0.3 is 10.2 Å². The summed E-state index contributed by atoms with van der Waals surface area (Å²) in [4.78, 5) is 28.1. The Morgan fingerprint density at radius 3 is 2.48 bits per heavy atom. The first-order valence-corrected chi connectivity index (χ1v) is 7.97. The van der Waals surface area contributed by atoms with Gasteiger partial charge in [0.05, 0.1) is 17.3 Å². The van der Waals surface area contributed by atoms with Crippen LogP contribution >= 0.6 is 0 Å². The van der Waals surface area contributed by atoms with Crippen molar-refractivity contribution in [1.82, 2.24) is 10.2 Å². The average Bonchev–Trinajstić information content (AvgIpc) is 2.80. The van der Waals surface area contributed by atoms with Gasteiger partial charge >= 0.3 is 6.03 Å². The molecule has 2 aliphatic heterocycles. The van der Waals surface area contributed by atoms with Gasteiger partial charge in [0.2, 0.25) is 0 Å². The Morgan fingerprint density at radius 2 is 1.87 bits per heavy atom. The molecule has 1 unspecified atom stereocenters. The fourth-order valence-electron chi connectivity index (χ4n) is 3.21. The molecule has 0 aromatic heterocycles. The van der Waals surface area contributed by atoms with E-state index in [2.05, 4.69) is 5.32 Å². The van der Waals surface area contributed by atoms with Crippen LogP contribution in [0.25, 0.3) is 0 Å². The molecule has 2 saturated heterocycles. The molecule has 23 heavy (non-hydrogen) atoms. The van der Waals surface area contributed by atoms with Crippen LogP contribution in [0.15, 0.2) is 24.3 Å². The van der Waals surface area contributed by atoms with Crippen molar-refractivity contribution >= 4 is 17.6 Å². The number of nitriles is 1. The van der Waals surface area contributed by atoms with Crippen LogP contribution in [0.5, 0.6) is 0 Å². The second kappa shape index (κ2) is 6.39. The Hall–Kier alpha value is -2.39. The second-order valence-electron chi connectivity index (χ2n) is 6.14. The first-order valence-electron chi connectivity index (χ1n) is 7.97. The Kier molecular flexibility index (Phi) is 4.30. The Morgan fingerprint density at radius 1 is 1.22 bits per heavy atom. The fourth-order valence-corrected chi connectivity index (χ4v) is 3.21. The molecule has 0 spiro atoms. The van der Waals surface area contributed by atoms with Crippen molar-refractivity contribution in [3.63, 3.8) is 0 Å². The van der Waals surface area contributed by atoms with Gasteiger partial charge in [0.25, 0.3) is 5.91 Å². The maximum Gasteiger partial charge on any atom is 0.332 e. The first kappa shape index (κ1) is 15.5. The minimum atomic E-state index is -0.437. The molecule has 3 rings (SSSR count). The number of carbonyl (C=O) groups excluding carboxylic acids is 2. The van der Waals surface area contributed by atoms with Gasteiger partial charge in [-0.2, -0.15) is 5.26 Å². The summed E-state index contributed by atoms with van der Waals surface area (Å²) in [6.07, 6.45) is 2.06. The minimum Gasteiger partial charge on any atom is -0.317 e. The van der Waals surface area contributed by atoms with Crippen LogP contribution < -0.4 is 10.2 Å². The predicted octanol–water partition coefficient (Wildman–Crippen LogP) is 1.71. The normalized spacial score (nSPS) is 22.5. The summed E-state index contributed by atoms with van der Waals surface area (Å²) in [6, 6.07) is 7.88. The molecule has 1 atom stereocenters. The summed E-state index contributed by atoms with van der Waals surface area (Å²) in [7, 11) is 0. The molecule has 1 aromatic carbocycles. The van der Waals surface area contributed by atoms with Gasteiger partial charge in [0, 0.05) is 6.54 Å². The highest BCUT2D eigenvalue weighted by Crippen LogP contribution is 2.27. The van der Waals surface area contributed by atoms with Crippen molar-refractivity contribution in [3.8, 4) is 6.07 Å². The zero-order chi connectivity index (χ0) is 16.4. The van der Waals surface area contributed by atoms with Crippen molar-refractivity contribution in [3.05, 3.63) is 29.8 Å². The predicted molar refractivity (Wildman–Crippen MR) is 85.8 cm³/mol.